The van der Waals surface area contributed by atoms with Gasteiger partial charge in [0.2, 0.25) is 0 Å². The molecule has 94 valence electrons. The minimum absolute atomic E-state index is 0.516. The van der Waals surface area contributed by atoms with E-state index in [-0.39, 0.29) is 0 Å². The average Bonchev–Trinajstić information content (AvgIpc) is 2.83. The number of aliphatic carboxylic acids is 1. The van der Waals surface area contributed by atoms with E-state index >= 15 is 0 Å². The molecule has 17 heavy (non-hydrogen) atoms. The Morgan fingerprint density at radius 2 is 2.18 bits per heavy atom. The summed E-state index contributed by atoms with van der Waals surface area (Å²) in [4.78, 5) is 15.6. The first kappa shape index (κ1) is 12.1. The number of hydrogen-bond acceptors (Lipinski definition) is 4. The highest BCUT2D eigenvalue weighted by molar-refractivity contribution is 5.74. The Morgan fingerprint density at radius 3 is 2.65 bits per heavy atom. The number of carbonyl (C=O) groups is 1. The Labute approximate surface area is 101 Å². The van der Waals surface area contributed by atoms with Gasteiger partial charge in [0, 0.05) is 26.2 Å². The molecule has 2 heterocycles. The smallest absolute Gasteiger partial charge is 0.328 e. The molecule has 0 spiro atoms. The molecule has 0 saturated carbocycles. The van der Waals surface area contributed by atoms with Crippen LogP contribution in [0.4, 0.5) is 0 Å². The molecule has 1 N–H and O–H groups in total. The van der Waals surface area contributed by atoms with Gasteiger partial charge in [-0.15, -0.1) is 0 Å². The van der Waals surface area contributed by atoms with Crippen LogP contribution in [0.1, 0.15) is 18.7 Å². The minimum Gasteiger partial charge on any atom is -0.480 e. The van der Waals surface area contributed by atoms with Crippen LogP contribution in [0, 0.1) is 0 Å². The summed E-state index contributed by atoms with van der Waals surface area (Å²) in [6, 6.07) is 2.81. The lowest BCUT2D eigenvalue weighted by atomic mass is 10.1. The van der Waals surface area contributed by atoms with Gasteiger partial charge in [0.1, 0.15) is 5.76 Å². The number of piperazine rings is 1. The second-order valence-corrected chi connectivity index (χ2v) is 4.23. The summed E-state index contributed by atoms with van der Waals surface area (Å²) in [6.45, 7) is 6.52. The normalized spacial score (nSPS) is 20.3. The molecule has 5 heteroatoms. The Morgan fingerprint density at radius 1 is 1.47 bits per heavy atom. The molecule has 0 radical (unpaired) electrons. The van der Waals surface area contributed by atoms with Crippen LogP contribution in [0.2, 0.25) is 0 Å². The quantitative estimate of drug-likeness (QED) is 0.849. The van der Waals surface area contributed by atoms with Gasteiger partial charge in [-0.3, -0.25) is 9.69 Å². The topological polar surface area (TPSA) is 56.9 Å². The summed E-state index contributed by atoms with van der Waals surface area (Å²) in [6.07, 6.45) is 1.52. The number of furan rings is 1. The van der Waals surface area contributed by atoms with Crippen molar-refractivity contribution in [2.24, 2.45) is 0 Å². The van der Waals surface area contributed by atoms with Crippen LogP contribution in [0.3, 0.4) is 0 Å². The van der Waals surface area contributed by atoms with E-state index in [1.165, 1.54) is 6.26 Å². The predicted octanol–water partition coefficient (Wildman–Crippen LogP) is 1.04. The predicted molar refractivity (Wildman–Crippen MR) is 62.8 cm³/mol. The van der Waals surface area contributed by atoms with E-state index < -0.39 is 12.0 Å². The Kier molecular flexibility index (Phi) is 3.81. The molecule has 0 aliphatic carbocycles. The Balaban J connectivity index is 2.06. The summed E-state index contributed by atoms with van der Waals surface area (Å²) in [5.74, 6) is -0.327. The maximum Gasteiger partial charge on any atom is 0.328 e. The molecule has 2 rings (SSSR count). The van der Waals surface area contributed by atoms with Gasteiger partial charge in [0.05, 0.1) is 6.26 Å². The van der Waals surface area contributed by atoms with Crippen molar-refractivity contribution in [3.8, 4) is 0 Å². The van der Waals surface area contributed by atoms with E-state index in [2.05, 4.69) is 11.8 Å². The zero-order valence-corrected chi connectivity index (χ0v) is 10.0. The summed E-state index contributed by atoms with van der Waals surface area (Å²) in [5.41, 5.74) is 0. The maximum absolute atomic E-state index is 11.3. The van der Waals surface area contributed by atoms with Crippen molar-refractivity contribution < 1.29 is 14.3 Å². The fourth-order valence-corrected chi connectivity index (χ4v) is 2.24. The number of rotatable bonds is 4. The van der Waals surface area contributed by atoms with E-state index in [4.69, 9.17) is 4.42 Å². The van der Waals surface area contributed by atoms with Crippen LogP contribution in [0.5, 0.6) is 0 Å². The molecule has 1 atom stereocenters. The lowest BCUT2D eigenvalue weighted by molar-refractivity contribution is -0.145. The molecular weight excluding hydrogens is 220 g/mol. The van der Waals surface area contributed by atoms with E-state index in [0.29, 0.717) is 5.76 Å². The van der Waals surface area contributed by atoms with Crippen molar-refractivity contribution >= 4 is 5.97 Å². The van der Waals surface area contributed by atoms with Crippen LogP contribution in [0.15, 0.2) is 22.8 Å². The van der Waals surface area contributed by atoms with Crippen LogP contribution < -0.4 is 0 Å². The average molecular weight is 238 g/mol. The van der Waals surface area contributed by atoms with E-state index in [1.807, 2.05) is 4.90 Å². The van der Waals surface area contributed by atoms with Gasteiger partial charge >= 0.3 is 5.97 Å². The van der Waals surface area contributed by atoms with Crippen molar-refractivity contribution in [1.82, 2.24) is 9.80 Å². The van der Waals surface area contributed by atoms with Gasteiger partial charge in [-0.05, 0) is 18.7 Å². The van der Waals surface area contributed by atoms with E-state index in [1.54, 1.807) is 12.1 Å². The van der Waals surface area contributed by atoms with E-state index in [0.717, 1.165) is 32.7 Å². The summed E-state index contributed by atoms with van der Waals surface area (Å²) < 4.78 is 5.23. The molecule has 1 unspecified atom stereocenters. The van der Waals surface area contributed by atoms with Crippen LogP contribution >= 0.6 is 0 Å². The third kappa shape index (κ3) is 2.68. The molecule has 1 saturated heterocycles. The first-order valence-corrected chi connectivity index (χ1v) is 5.95. The van der Waals surface area contributed by atoms with Crippen LogP contribution in [0.25, 0.3) is 0 Å². The molecule has 5 nitrogen and oxygen atoms in total. The van der Waals surface area contributed by atoms with Crippen molar-refractivity contribution in [2.75, 3.05) is 32.7 Å². The highest BCUT2D eigenvalue weighted by atomic mass is 16.4. The van der Waals surface area contributed by atoms with Gasteiger partial charge in [-0.1, -0.05) is 6.92 Å². The highest BCUT2D eigenvalue weighted by Gasteiger charge is 2.31. The lowest BCUT2D eigenvalue weighted by Crippen LogP contribution is -2.48. The molecule has 1 aliphatic rings. The van der Waals surface area contributed by atoms with Crippen molar-refractivity contribution in [3.63, 3.8) is 0 Å². The number of hydrogen-bond donors (Lipinski definition) is 1. The van der Waals surface area contributed by atoms with Crippen molar-refractivity contribution in [3.05, 3.63) is 24.2 Å². The molecule has 0 amide bonds. The fraction of sp³-hybridized carbons (Fsp3) is 0.583. The number of carboxylic acids is 1. The minimum atomic E-state index is -0.843. The molecular formula is C12H18N2O3. The third-order valence-corrected chi connectivity index (χ3v) is 3.27. The highest BCUT2D eigenvalue weighted by Crippen LogP contribution is 2.22. The zero-order valence-electron chi connectivity index (χ0n) is 10.0. The van der Waals surface area contributed by atoms with Gasteiger partial charge in [0.15, 0.2) is 6.04 Å². The van der Waals surface area contributed by atoms with Gasteiger partial charge in [-0.25, -0.2) is 0 Å². The maximum atomic E-state index is 11.3. The Hall–Kier alpha value is -1.33. The second kappa shape index (κ2) is 5.33. The standard InChI is InChI=1S/C12H18N2O3/c1-2-13-5-7-14(8-6-13)11(12(15)16)10-4-3-9-17-10/h3-4,9,11H,2,5-8H2,1H3,(H,15,16). The van der Waals surface area contributed by atoms with Gasteiger partial charge in [0.25, 0.3) is 0 Å². The monoisotopic (exact) mass is 238 g/mol. The third-order valence-electron chi connectivity index (χ3n) is 3.27. The van der Waals surface area contributed by atoms with Crippen molar-refractivity contribution in [1.29, 1.82) is 0 Å². The molecule has 0 aromatic carbocycles. The number of likely N-dealkylation sites (N-methyl/N-ethyl adjacent to an activating group) is 1. The second-order valence-electron chi connectivity index (χ2n) is 4.23. The molecule has 0 bridgehead atoms. The first-order chi connectivity index (χ1) is 8.22. The van der Waals surface area contributed by atoms with Gasteiger partial charge < -0.3 is 14.4 Å². The lowest BCUT2D eigenvalue weighted by Gasteiger charge is -2.36. The molecule has 1 aromatic heterocycles. The first-order valence-electron chi connectivity index (χ1n) is 5.95. The SMILES string of the molecule is CCN1CCN(C(C(=O)O)c2ccco2)CC1. The summed E-state index contributed by atoms with van der Waals surface area (Å²) >= 11 is 0. The number of nitrogens with zero attached hydrogens (tertiary/aromatic N) is 2. The molecule has 1 aliphatic heterocycles. The molecule has 1 fully saturated rings. The Bertz CT molecular complexity index is 356. The fourth-order valence-electron chi connectivity index (χ4n) is 2.24. The zero-order chi connectivity index (χ0) is 12.3. The number of carboxylic acid groups (broad SMARTS) is 1. The summed E-state index contributed by atoms with van der Waals surface area (Å²) in [5, 5.41) is 9.31. The van der Waals surface area contributed by atoms with Crippen LogP contribution in [-0.4, -0.2) is 53.6 Å². The van der Waals surface area contributed by atoms with E-state index in [9.17, 15) is 9.90 Å². The summed E-state index contributed by atoms with van der Waals surface area (Å²) in [7, 11) is 0. The van der Waals surface area contributed by atoms with Crippen molar-refractivity contribution in [2.45, 2.75) is 13.0 Å². The largest absolute Gasteiger partial charge is 0.480 e. The van der Waals surface area contributed by atoms with Gasteiger partial charge in [-0.2, -0.15) is 0 Å². The molecule has 1 aromatic rings. The van der Waals surface area contributed by atoms with Crippen LogP contribution in [-0.2, 0) is 4.79 Å².